The van der Waals surface area contributed by atoms with Crippen LogP contribution in [0, 0.1) is 10.1 Å². The lowest BCUT2D eigenvalue weighted by Crippen LogP contribution is -2.30. The lowest BCUT2D eigenvalue weighted by molar-refractivity contribution is -0.383. The normalized spacial score (nSPS) is 12.5. The topological polar surface area (TPSA) is 99.3 Å². The number of fused-ring (bicyclic) bond motifs is 1. The van der Waals surface area contributed by atoms with Crippen molar-refractivity contribution in [2.75, 3.05) is 5.43 Å². The third kappa shape index (κ3) is 4.20. The number of nitrogens with one attached hydrogen (secondary N) is 1. The molecule has 8 nitrogen and oxygen atoms in total. The quantitative estimate of drug-likeness (QED) is 0.476. The van der Waals surface area contributed by atoms with Crippen molar-refractivity contribution in [1.82, 2.24) is 9.66 Å². The van der Waals surface area contributed by atoms with Gasteiger partial charge >= 0.3 is 18.4 Å². The number of non-ortho nitro benzene ring substituents is 1. The maximum absolute atomic E-state index is 13.2. The molecule has 0 unspecified atom stereocenters. The van der Waals surface area contributed by atoms with Crippen molar-refractivity contribution < 1.29 is 40.8 Å². The highest BCUT2D eigenvalue weighted by molar-refractivity contribution is 5.89. The summed E-state index contributed by atoms with van der Waals surface area (Å²) in [6.07, 6.45) is -12.5. The lowest BCUT2D eigenvalue weighted by Gasteiger charge is -2.14. The minimum Gasteiger partial charge on any atom is -0.446 e. The molecule has 0 aliphatic heterocycles. The van der Waals surface area contributed by atoms with Gasteiger partial charge in [0.1, 0.15) is 0 Å². The minimum absolute atomic E-state index is 0.0618. The fourth-order valence-corrected chi connectivity index (χ4v) is 2.10. The van der Waals surface area contributed by atoms with Gasteiger partial charge in [-0.1, -0.05) is 0 Å². The van der Waals surface area contributed by atoms with Gasteiger partial charge in [-0.15, -0.1) is 0 Å². The van der Waals surface area contributed by atoms with Crippen molar-refractivity contribution in [3.8, 4) is 0 Å². The molecule has 0 spiro atoms. The second-order valence-electron chi connectivity index (χ2n) is 5.45. The van der Waals surface area contributed by atoms with Crippen LogP contribution >= 0.6 is 0 Å². The van der Waals surface area contributed by atoms with Crippen molar-refractivity contribution in [3.05, 3.63) is 33.6 Å². The van der Waals surface area contributed by atoms with Gasteiger partial charge in [-0.3, -0.25) is 10.1 Å². The average Bonchev–Trinajstić information content (AvgIpc) is 2.83. The first-order chi connectivity index (χ1) is 12.2. The second-order valence-corrected chi connectivity index (χ2v) is 5.45. The fourth-order valence-electron chi connectivity index (χ4n) is 2.10. The van der Waals surface area contributed by atoms with E-state index in [4.69, 9.17) is 0 Å². The molecule has 0 saturated heterocycles. The van der Waals surface area contributed by atoms with E-state index in [9.17, 15) is 41.3 Å². The number of imidazole rings is 1. The molecular formula is C13H10F6N4O4. The number of rotatable bonds is 3. The van der Waals surface area contributed by atoms with Gasteiger partial charge in [0, 0.05) is 6.07 Å². The number of hydrogen-bond donors (Lipinski definition) is 1. The zero-order chi connectivity index (χ0) is 20.7. The average molecular weight is 400 g/mol. The van der Waals surface area contributed by atoms with Crippen molar-refractivity contribution in [1.29, 1.82) is 0 Å². The molecule has 1 aromatic carbocycles. The first-order valence-corrected chi connectivity index (χ1v) is 7.04. The summed E-state index contributed by atoms with van der Waals surface area (Å²) < 4.78 is 83.0. The summed E-state index contributed by atoms with van der Waals surface area (Å²) >= 11 is 0. The molecule has 0 aliphatic rings. The number of amides is 1. The first kappa shape index (κ1) is 20.3. The fraction of sp³-hybridized carbons (Fsp3) is 0.385. The van der Waals surface area contributed by atoms with E-state index in [1.807, 2.05) is 0 Å². The van der Waals surface area contributed by atoms with Crippen LogP contribution in [0.25, 0.3) is 11.0 Å². The van der Waals surface area contributed by atoms with E-state index in [0.29, 0.717) is 0 Å². The molecule has 0 fully saturated rings. The molecule has 1 aromatic heterocycles. The standard InChI is InChI=1S/C13H10F6N4O4/c1-5(2)27-11(24)21-22-7-3-6(12(14,15)16)4-8(23(25)26)9(7)20-10(22)13(17,18)19/h3-5H,1-2H3,(H,21,24). The van der Waals surface area contributed by atoms with Gasteiger partial charge in [0.25, 0.3) is 5.69 Å². The molecule has 0 radical (unpaired) electrons. The molecule has 2 aromatic rings. The van der Waals surface area contributed by atoms with Gasteiger partial charge in [-0.05, 0) is 19.9 Å². The molecule has 1 amide bonds. The first-order valence-electron chi connectivity index (χ1n) is 7.04. The summed E-state index contributed by atoms with van der Waals surface area (Å²) in [5.74, 6) is -1.86. The number of nitro benzene ring substituents is 1. The van der Waals surface area contributed by atoms with E-state index in [1.165, 1.54) is 13.8 Å². The summed E-state index contributed by atoms with van der Waals surface area (Å²) in [4.78, 5) is 24.4. The number of aromatic nitrogens is 2. The van der Waals surface area contributed by atoms with Crippen LogP contribution in [0.3, 0.4) is 0 Å². The Kier molecular flexibility index (Phi) is 4.94. The molecule has 0 aliphatic carbocycles. The van der Waals surface area contributed by atoms with Crippen molar-refractivity contribution in [2.45, 2.75) is 32.3 Å². The van der Waals surface area contributed by atoms with Gasteiger partial charge in [0.05, 0.1) is 22.1 Å². The summed E-state index contributed by atoms with van der Waals surface area (Å²) in [6, 6.07) is 0.270. The van der Waals surface area contributed by atoms with Crippen molar-refractivity contribution in [2.24, 2.45) is 0 Å². The van der Waals surface area contributed by atoms with Crippen LogP contribution in [0.2, 0.25) is 0 Å². The number of carbonyl (C=O) groups excluding carboxylic acids is 1. The van der Waals surface area contributed by atoms with Crippen LogP contribution in [0.1, 0.15) is 25.2 Å². The molecule has 0 bridgehead atoms. The Labute approximate surface area is 145 Å². The Bertz CT molecular complexity index is 903. The monoisotopic (exact) mass is 400 g/mol. The number of alkyl halides is 6. The highest BCUT2D eigenvalue weighted by Gasteiger charge is 2.41. The highest BCUT2D eigenvalue weighted by atomic mass is 19.4. The number of benzene rings is 1. The van der Waals surface area contributed by atoms with Crippen LogP contribution in [0.4, 0.5) is 36.8 Å². The number of ether oxygens (including phenoxy) is 1. The summed E-state index contributed by atoms with van der Waals surface area (Å²) in [5, 5.41) is 11.0. The maximum Gasteiger partial charge on any atom is 0.451 e. The van der Waals surface area contributed by atoms with E-state index < -0.39 is 57.6 Å². The number of halogens is 6. The van der Waals surface area contributed by atoms with Crippen LogP contribution in [-0.4, -0.2) is 26.8 Å². The maximum atomic E-state index is 13.2. The zero-order valence-corrected chi connectivity index (χ0v) is 13.5. The zero-order valence-electron chi connectivity index (χ0n) is 13.5. The predicted molar refractivity (Wildman–Crippen MR) is 77.4 cm³/mol. The van der Waals surface area contributed by atoms with Gasteiger partial charge in [-0.2, -0.15) is 26.3 Å². The second kappa shape index (κ2) is 6.59. The Balaban J connectivity index is 2.81. The minimum atomic E-state index is -5.24. The molecule has 0 saturated carbocycles. The van der Waals surface area contributed by atoms with Gasteiger partial charge in [0.2, 0.25) is 5.82 Å². The van der Waals surface area contributed by atoms with E-state index in [1.54, 1.807) is 5.43 Å². The predicted octanol–water partition coefficient (Wildman–Crippen LogP) is 4.07. The molecule has 0 atom stereocenters. The van der Waals surface area contributed by atoms with Crippen molar-refractivity contribution in [3.63, 3.8) is 0 Å². The molecule has 1 N–H and O–H groups in total. The van der Waals surface area contributed by atoms with Gasteiger partial charge in [0.15, 0.2) is 5.52 Å². The highest BCUT2D eigenvalue weighted by Crippen LogP contribution is 2.38. The number of nitro groups is 1. The van der Waals surface area contributed by atoms with Gasteiger partial charge < -0.3 is 4.74 Å². The molecule has 148 valence electrons. The molecule has 14 heteroatoms. The largest absolute Gasteiger partial charge is 0.451 e. The summed E-state index contributed by atoms with van der Waals surface area (Å²) in [6.45, 7) is 2.76. The number of carbonyl (C=O) groups is 1. The Hall–Kier alpha value is -3.06. The third-order valence-corrected chi connectivity index (χ3v) is 3.06. The molecule has 1 heterocycles. The smallest absolute Gasteiger partial charge is 0.446 e. The Morgan fingerprint density at radius 2 is 1.81 bits per heavy atom. The Morgan fingerprint density at radius 1 is 1.22 bits per heavy atom. The van der Waals surface area contributed by atoms with E-state index in [-0.39, 0.29) is 16.8 Å². The van der Waals surface area contributed by atoms with Crippen LogP contribution in [0.5, 0.6) is 0 Å². The van der Waals surface area contributed by atoms with Crippen molar-refractivity contribution >= 4 is 22.8 Å². The van der Waals surface area contributed by atoms with E-state index >= 15 is 0 Å². The SMILES string of the molecule is CC(C)OC(=O)Nn1c(C(F)(F)F)nc2c([N+](=O)[O-])cc(C(F)(F)F)cc21. The Morgan fingerprint density at radius 3 is 2.26 bits per heavy atom. The van der Waals surface area contributed by atoms with E-state index in [2.05, 4.69) is 9.72 Å². The number of hydrogen-bond acceptors (Lipinski definition) is 5. The van der Waals surface area contributed by atoms with Crippen LogP contribution < -0.4 is 5.43 Å². The molecule has 2 rings (SSSR count). The summed E-state index contributed by atoms with van der Waals surface area (Å²) in [5.41, 5.74) is -3.24. The lowest BCUT2D eigenvalue weighted by atomic mass is 10.1. The molecular weight excluding hydrogens is 390 g/mol. The van der Waals surface area contributed by atoms with Crippen LogP contribution in [0.15, 0.2) is 12.1 Å². The molecule has 27 heavy (non-hydrogen) atoms. The van der Waals surface area contributed by atoms with Crippen LogP contribution in [-0.2, 0) is 17.1 Å². The number of nitrogens with zero attached hydrogens (tertiary/aromatic N) is 3. The van der Waals surface area contributed by atoms with E-state index in [0.717, 1.165) is 0 Å². The summed E-state index contributed by atoms with van der Waals surface area (Å²) in [7, 11) is 0. The third-order valence-electron chi connectivity index (χ3n) is 3.06. The van der Waals surface area contributed by atoms with Gasteiger partial charge in [-0.25, -0.2) is 19.9 Å².